The first-order valence-corrected chi connectivity index (χ1v) is 6.98. The zero-order valence-corrected chi connectivity index (χ0v) is 11.9. The van der Waals surface area contributed by atoms with Crippen molar-refractivity contribution in [3.05, 3.63) is 58.4 Å². The first kappa shape index (κ1) is 13.3. The minimum absolute atomic E-state index is 0.00198. The number of benzene rings is 2. The van der Waals surface area contributed by atoms with Gasteiger partial charge >= 0.3 is 0 Å². The summed E-state index contributed by atoms with van der Waals surface area (Å²) in [4.78, 5) is 0. The van der Waals surface area contributed by atoms with Crippen LogP contribution in [0.25, 0.3) is 0 Å². The predicted molar refractivity (Wildman–Crippen MR) is 79.1 cm³/mol. The summed E-state index contributed by atoms with van der Waals surface area (Å²) in [6.07, 6.45) is 0.939. The molecule has 20 heavy (non-hydrogen) atoms. The van der Waals surface area contributed by atoms with Crippen LogP contribution in [0.1, 0.15) is 24.1 Å². The van der Waals surface area contributed by atoms with E-state index in [0.29, 0.717) is 0 Å². The zero-order chi connectivity index (χ0) is 14.1. The van der Waals surface area contributed by atoms with Gasteiger partial charge in [0.2, 0.25) is 0 Å². The van der Waals surface area contributed by atoms with Crippen molar-refractivity contribution in [1.29, 1.82) is 0 Å². The highest BCUT2D eigenvalue weighted by Crippen LogP contribution is 2.30. The van der Waals surface area contributed by atoms with Crippen LogP contribution in [0, 0.1) is 5.82 Å². The molecular formula is C16H15ClFNO. The first-order valence-electron chi connectivity index (χ1n) is 6.61. The van der Waals surface area contributed by atoms with E-state index in [4.69, 9.17) is 16.3 Å². The maximum absolute atomic E-state index is 13.5. The van der Waals surface area contributed by atoms with E-state index in [2.05, 4.69) is 11.4 Å². The Bertz CT molecular complexity index is 644. The molecule has 1 heterocycles. The summed E-state index contributed by atoms with van der Waals surface area (Å²) >= 11 is 5.70. The number of halogens is 2. The Morgan fingerprint density at radius 3 is 2.90 bits per heavy atom. The van der Waals surface area contributed by atoms with Gasteiger partial charge in [-0.15, -0.1) is 0 Å². The first-order chi connectivity index (χ1) is 9.63. The molecule has 1 aliphatic heterocycles. The van der Waals surface area contributed by atoms with Crippen molar-refractivity contribution in [3.8, 4) is 5.75 Å². The van der Waals surface area contributed by atoms with Crippen LogP contribution >= 0.6 is 11.6 Å². The largest absolute Gasteiger partial charge is 0.493 e. The van der Waals surface area contributed by atoms with Crippen LogP contribution in [0.2, 0.25) is 5.02 Å². The van der Waals surface area contributed by atoms with Crippen LogP contribution in [-0.2, 0) is 6.42 Å². The van der Waals surface area contributed by atoms with E-state index in [1.807, 2.05) is 25.1 Å². The van der Waals surface area contributed by atoms with Gasteiger partial charge in [0.25, 0.3) is 0 Å². The summed E-state index contributed by atoms with van der Waals surface area (Å²) in [6.45, 7) is 2.74. The monoisotopic (exact) mass is 291 g/mol. The number of ether oxygens (including phenoxy) is 1. The van der Waals surface area contributed by atoms with Crippen molar-refractivity contribution in [1.82, 2.24) is 0 Å². The van der Waals surface area contributed by atoms with Crippen LogP contribution in [0.5, 0.6) is 5.75 Å². The Morgan fingerprint density at radius 2 is 2.10 bits per heavy atom. The molecule has 1 N–H and O–H groups in total. The molecule has 3 rings (SSSR count). The van der Waals surface area contributed by atoms with Crippen molar-refractivity contribution < 1.29 is 9.13 Å². The van der Waals surface area contributed by atoms with Gasteiger partial charge in [-0.25, -0.2) is 4.39 Å². The molecular weight excluding hydrogens is 277 g/mol. The van der Waals surface area contributed by atoms with Crippen molar-refractivity contribution in [3.63, 3.8) is 0 Å². The van der Waals surface area contributed by atoms with Gasteiger partial charge in [-0.05, 0) is 48.4 Å². The average Bonchev–Trinajstić information content (AvgIpc) is 2.89. The van der Waals surface area contributed by atoms with Crippen LogP contribution in [0.4, 0.5) is 10.1 Å². The van der Waals surface area contributed by atoms with Crippen LogP contribution in [-0.4, -0.2) is 6.61 Å². The maximum atomic E-state index is 13.5. The highest BCUT2D eigenvalue weighted by molar-refractivity contribution is 6.30. The molecule has 0 saturated carbocycles. The second-order valence-electron chi connectivity index (χ2n) is 4.96. The fraction of sp³-hybridized carbons (Fsp3) is 0.250. The van der Waals surface area contributed by atoms with Gasteiger partial charge in [-0.2, -0.15) is 0 Å². The molecule has 4 heteroatoms. The van der Waals surface area contributed by atoms with Crippen LogP contribution in [0.15, 0.2) is 36.4 Å². The second kappa shape index (κ2) is 5.33. The molecule has 2 aromatic rings. The maximum Gasteiger partial charge on any atom is 0.142 e. The van der Waals surface area contributed by atoms with E-state index >= 15 is 0 Å². The number of hydrogen-bond acceptors (Lipinski definition) is 2. The van der Waals surface area contributed by atoms with E-state index < -0.39 is 0 Å². The van der Waals surface area contributed by atoms with Gasteiger partial charge in [0.05, 0.1) is 11.6 Å². The third kappa shape index (κ3) is 2.59. The number of anilines is 1. The summed E-state index contributed by atoms with van der Waals surface area (Å²) < 4.78 is 19.0. The van der Waals surface area contributed by atoms with Gasteiger partial charge < -0.3 is 10.1 Å². The summed E-state index contributed by atoms with van der Waals surface area (Å²) in [7, 11) is 0. The lowest BCUT2D eigenvalue weighted by Gasteiger charge is -2.16. The van der Waals surface area contributed by atoms with E-state index in [1.54, 1.807) is 6.07 Å². The van der Waals surface area contributed by atoms with E-state index in [-0.39, 0.29) is 16.9 Å². The highest BCUT2D eigenvalue weighted by atomic mass is 35.5. The fourth-order valence-corrected chi connectivity index (χ4v) is 2.51. The molecule has 0 saturated heterocycles. The molecule has 2 aromatic carbocycles. The van der Waals surface area contributed by atoms with E-state index in [9.17, 15) is 4.39 Å². The Balaban J connectivity index is 1.78. The third-order valence-electron chi connectivity index (χ3n) is 3.52. The number of fused-ring (bicyclic) bond motifs is 1. The quantitative estimate of drug-likeness (QED) is 0.893. The van der Waals surface area contributed by atoms with Crippen molar-refractivity contribution in [2.24, 2.45) is 0 Å². The molecule has 0 aromatic heterocycles. The molecule has 1 unspecified atom stereocenters. The molecule has 1 atom stereocenters. The van der Waals surface area contributed by atoms with Gasteiger partial charge in [-0.3, -0.25) is 0 Å². The minimum Gasteiger partial charge on any atom is -0.493 e. The molecule has 1 aliphatic rings. The Morgan fingerprint density at radius 1 is 1.25 bits per heavy atom. The minimum atomic E-state index is -0.389. The van der Waals surface area contributed by atoms with Gasteiger partial charge in [0.15, 0.2) is 0 Å². The molecule has 0 bridgehead atoms. The molecule has 0 amide bonds. The average molecular weight is 292 g/mol. The van der Waals surface area contributed by atoms with E-state index in [1.165, 1.54) is 11.6 Å². The molecule has 0 radical (unpaired) electrons. The van der Waals surface area contributed by atoms with Crippen molar-refractivity contribution >= 4 is 17.3 Å². The Kier molecular flexibility index (Phi) is 3.53. The summed E-state index contributed by atoms with van der Waals surface area (Å²) in [5.41, 5.74) is 3.09. The summed E-state index contributed by atoms with van der Waals surface area (Å²) in [6, 6.07) is 10.9. The number of hydrogen-bond donors (Lipinski definition) is 1. The third-order valence-corrected chi connectivity index (χ3v) is 3.82. The van der Waals surface area contributed by atoms with E-state index in [0.717, 1.165) is 30.0 Å². The second-order valence-corrected chi connectivity index (χ2v) is 5.37. The van der Waals surface area contributed by atoms with Gasteiger partial charge in [-0.1, -0.05) is 17.7 Å². The standard InChI is InChI=1S/C16H15ClFNO/c1-10(11-2-4-14(17)15(18)9-11)19-13-3-5-16-12(8-13)6-7-20-16/h2-5,8-10,19H,6-7H2,1H3. The fourth-order valence-electron chi connectivity index (χ4n) is 2.39. The SMILES string of the molecule is CC(Nc1ccc2c(c1)CCO2)c1ccc(Cl)c(F)c1. The summed E-state index contributed by atoms with van der Waals surface area (Å²) in [5, 5.41) is 3.52. The van der Waals surface area contributed by atoms with Crippen LogP contribution in [0.3, 0.4) is 0 Å². The molecule has 104 valence electrons. The molecule has 0 fully saturated rings. The zero-order valence-electron chi connectivity index (χ0n) is 11.1. The summed E-state index contributed by atoms with van der Waals surface area (Å²) in [5.74, 6) is 0.570. The molecule has 2 nitrogen and oxygen atoms in total. The van der Waals surface area contributed by atoms with Crippen LogP contribution < -0.4 is 10.1 Å². The lowest BCUT2D eigenvalue weighted by Crippen LogP contribution is -2.07. The molecule has 0 aliphatic carbocycles. The van der Waals surface area contributed by atoms with Gasteiger partial charge in [0, 0.05) is 18.2 Å². The smallest absolute Gasteiger partial charge is 0.142 e. The lowest BCUT2D eigenvalue weighted by molar-refractivity contribution is 0.357. The lowest BCUT2D eigenvalue weighted by atomic mass is 10.1. The highest BCUT2D eigenvalue weighted by Gasteiger charge is 2.13. The predicted octanol–water partition coefficient (Wildman–Crippen LogP) is 4.59. The van der Waals surface area contributed by atoms with Gasteiger partial charge in [0.1, 0.15) is 11.6 Å². The number of nitrogens with one attached hydrogen (secondary N) is 1. The van der Waals surface area contributed by atoms with Crippen molar-refractivity contribution in [2.75, 3.05) is 11.9 Å². The normalized spacial score (nSPS) is 14.6. The van der Waals surface area contributed by atoms with Crippen molar-refractivity contribution in [2.45, 2.75) is 19.4 Å². The Labute approximate surface area is 122 Å². The topological polar surface area (TPSA) is 21.3 Å². The number of rotatable bonds is 3. The molecule has 0 spiro atoms. The Hall–Kier alpha value is -1.74.